The van der Waals surface area contributed by atoms with Crippen LogP contribution in [-0.4, -0.2) is 117 Å². The van der Waals surface area contributed by atoms with Crippen molar-refractivity contribution >= 4 is 29.8 Å². The molecule has 0 aliphatic carbocycles. The molecule has 1 unspecified atom stereocenters. The van der Waals surface area contributed by atoms with Crippen molar-refractivity contribution < 1.29 is 49.5 Å². The van der Waals surface area contributed by atoms with E-state index in [2.05, 4.69) is 0 Å². The van der Waals surface area contributed by atoms with Crippen molar-refractivity contribution in [2.75, 3.05) is 45.8 Å². The molecule has 1 atom stereocenters. The van der Waals surface area contributed by atoms with Crippen molar-refractivity contribution in [3.8, 4) is 0 Å². The fourth-order valence-corrected chi connectivity index (χ4v) is 1.94. The van der Waals surface area contributed by atoms with Crippen LogP contribution < -0.4 is 11.5 Å². The molecule has 0 aromatic heterocycles. The Bertz CT molecular complexity index is 489. The standard InChI is InChI=1S/C10H16N2O8.C5H12N2O2/c13-7(14)3-11(4-8(15)16)1-2-12(5-9(17)18)6-10(19)20;6-3-1-2-4(7)5(8)9/h1-6H2,(H,13,14)(H,15,16)(H,17,18)(H,19,20);4H,1-3,6-7H2,(H,8,9). The number of carboxylic acids is 5. The molecule has 0 heterocycles. The molecule has 0 aromatic carbocycles. The van der Waals surface area contributed by atoms with Crippen LogP contribution in [0.5, 0.6) is 0 Å². The zero-order chi connectivity index (χ0) is 23.0. The van der Waals surface area contributed by atoms with Gasteiger partial charge >= 0.3 is 29.8 Å². The van der Waals surface area contributed by atoms with Crippen molar-refractivity contribution in [1.29, 1.82) is 0 Å². The summed E-state index contributed by atoms with van der Waals surface area (Å²) in [5, 5.41) is 42.7. The third-order valence-electron chi connectivity index (χ3n) is 3.20. The predicted octanol–water partition coefficient (Wildman–Crippen LogP) is -2.93. The van der Waals surface area contributed by atoms with E-state index in [-0.39, 0.29) is 13.1 Å². The van der Waals surface area contributed by atoms with Gasteiger partial charge in [0.1, 0.15) is 6.04 Å². The highest BCUT2D eigenvalue weighted by Gasteiger charge is 2.18. The smallest absolute Gasteiger partial charge is 0.320 e. The van der Waals surface area contributed by atoms with Gasteiger partial charge in [-0.25, -0.2) is 0 Å². The zero-order valence-corrected chi connectivity index (χ0v) is 15.8. The Kier molecular flexibility index (Phi) is 15.8. The largest absolute Gasteiger partial charge is 0.480 e. The minimum absolute atomic E-state index is 0.0703. The first-order valence-electron chi connectivity index (χ1n) is 8.39. The van der Waals surface area contributed by atoms with Crippen LogP contribution in [0.3, 0.4) is 0 Å². The molecule has 0 fully saturated rings. The number of hydrogen-bond acceptors (Lipinski definition) is 9. The number of nitrogens with two attached hydrogens (primary N) is 2. The monoisotopic (exact) mass is 424 g/mol. The Hall–Kier alpha value is -2.81. The highest BCUT2D eigenvalue weighted by molar-refractivity contribution is 5.73. The van der Waals surface area contributed by atoms with E-state index >= 15 is 0 Å². The van der Waals surface area contributed by atoms with E-state index in [1.54, 1.807) is 0 Å². The summed E-state index contributed by atoms with van der Waals surface area (Å²) in [6.45, 7) is -1.75. The molecular weight excluding hydrogens is 396 g/mol. The molecule has 14 nitrogen and oxygen atoms in total. The van der Waals surface area contributed by atoms with Gasteiger partial charge in [-0.1, -0.05) is 0 Å². The van der Waals surface area contributed by atoms with Crippen molar-refractivity contribution in [2.45, 2.75) is 18.9 Å². The van der Waals surface area contributed by atoms with Crippen molar-refractivity contribution in [3.05, 3.63) is 0 Å². The summed E-state index contributed by atoms with van der Waals surface area (Å²) in [6.07, 6.45) is 1.14. The Morgan fingerprint density at radius 1 is 0.690 bits per heavy atom. The van der Waals surface area contributed by atoms with E-state index in [0.717, 1.165) is 9.80 Å². The Balaban J connectivity index is 0. The predicted molar refractivity (Wildman–Crippen MR) is 97.3 cm³/mol. The van der Waals surface area contributed by atoms with Gasteiger partial charge in [-0.15, -0.1) is 0 Å². The maximum atomic E-state index is 10.6. The molecule has 14 heteroatoms. The first-order chi connectivity index (χ1) is 13.4. The van der Waals surface area contributed by atoms with Gasteiger partial charge in [0.05, 0.1) is 26.2 Å². The van der Waals surface area contributed by atoms with E-state index in [9.17, 15) is 24.0 Å². The number of carboxylic acid groups (broad SMARTS) is 5. The van der Waals surface area contributed by atoms with Crippen LogP contribution >= 0.6 is 0 Å². The molecule has 0 spiro atoms. The second kappa shape index (κ2) is 16.2. The minimum atomic E-state index is -1.23. The third-order valence-corrected chi connectivity index (χ3v) is 3.20. The molecule has 168 valence electrons. The van der Waals surface area contributed by atoms with Crippen molar-refractivity contribution in [2.24, 2.45) is 11.5 Å². The highest BCUT2D eigenvalue weighted by atomic mass is 16.4. The van der Waals surface area contributed by atoms with E-state index in [1.807, 2.05) is 0 Å². The van der Waals surface area contributed by atoms with Gasteiger partial charge in [0.25, 0.3) is 0 Å². The molecule has 0 amide bonds. The average molecular weight is 424 g/mol. The van der Waals surface area contributed by atoms with Gasteiger partial charge in [0, 0.05) is 13.1 Å². The second-order valence-electron chi connectivity index (χ2n) is 5.87. The Labute approximate surface area is 166 Å². The first kappa shape index (κ1) is 28.4. The molecule has 0 bridgehead atoms. The first-order valence-corrected chi connectivity index (χ1v) is 8.39. The lowest BCUT2D eigenvalue weighted by molar-refractivity contribution is -0.145. The van der Waals surface area contributed by atoms with Gasteiger partial charge < -0.3 is 37.0 Å². The summed E-state index contributed by atoms with van der Waals surface area (Å²) in [7, 11) is 0. The van der Waals surface area contributed by atoms with Gasteiger partial charge in [0.15, 0.2) is 0 Å². The maximum Gasteiger partial charge on any atom is 0.320 e. The van der Waals surface area contributed by atoms with E-state index in [4.69, 9.17) is 37.0 Å². The van der Waals surface area contributed by atoms with Gasteiger partial charge in [0.2, 0.25) is 0 Å². The van der Waals surface area contributed by atoms with E-state index in [1.165, 1.54) is 0 Å². The summed E-state index contributed by atoms with van der Waals surface area (Å²) in [4.78, 5) is 54.4. The molecule has 29 heavy (non-hydrogen) atoms. The van der Waals surface area contributed by atoms with Crippen LogP contribution in [0.25, 0.3) is 0 Å². The Morgan fingerprint density at radius 3 is 1.21 bits per heavy atom. The lowest BCUT2D eigenvalue weighted by atomic mass is 10.2. The summed E-state index contributed by atoms with van der Waals surface area (Å²) in [5.74, 6) is -5.87. The van der Waals surface area contributed by atoms with Crippen LogP contribution in [-0.2, 0) is 24.0 Å². The quantitative estimate of drug-likeness (QED) is 0.139. The molecule has 9 N–H and O–H groups in total. The Morgan fingerprint density at radius 2 is 1.00 bits per heavy atom. The summed E-state index contributed by atoms with van der Waals surface area (Å²) in [6, 6.07) is -0.742. The number of aliphatic carboxylic acids is 5. The molecule has 0 aliphatic rings. The van der Waals surface area contributed by atoms with Crippen LogP contribution in [0.4, 0.5) is 0 Å². The van der Waals surface area contributed by atoms with Gasteiger partial charge in [-0.05, 0) is 19.4 Å². The molecule has 0 saturated carbocycles. The van der Waals surface area contributed by atoms with E-state index in [0.29, 0.717) is 19.4 Å². The normalized spacial score (nSPS) is 11.4. The fraction of sp³-hybridized carbons (Fsp3) is 0.667. The maximum absolute atomic E-state index is 10.6. The van der Waals surface area contributed by atoms with E-state index < -0.39 is 62.1 Å². The highest BCUT2D eigenvalue weighted by Crippen LogP contribution is 1.94. The van der Waals surface area contributed by atoms with Crippen LogP contribution in [0.2, 0.25) is 0 Å². The molecular formula is C15H28N4O10. The second-order valence-corrected chi connectivity index (χ2v) is 5.87. The van der Waals surface area contributed by atoms with Crippen molar-refractivity contribution in [3.63, 3.8) is 0 Å². The number of nitrogens with zero attached hydrogens (tertiary/aromatic N) is 2. The molecule has 0 aliphatic heterocycles. The van der Waals surface area contributed by atoms with Crippen molar-refractivity contribution in [1.82, 2.24) is 9.80 Å². The molecule has 0 saturated heterocycles. The summed E-state index contributed by atoms with van der Waals surface area (Å²) >= 11 is 0. The lowest BCUT2D eigenvalue weighted by Crippen LogP contribution is -2.43. The minimum Gasteiger partial charge on any atom is -0.480 e. The number of hydrogen-bond donors (Lipinski definition) is 7. The topological polar surface area (TPSA) is 245 Å². The molecule has 0 rings (SSSR count). The number of rotatable bonds is 15. The third kappa shape index (κ3) is 19.7. The lowest BCUT2D eigenvalue weighted by Gasteiger charge is -2.23. The fourth-order valence-electron chi connectivity index (χ4n) is 1.94. The number of carbonyl (C=O) groups is 5. The van der Waals surface area contributed by atoms with Crippen LogP contribution in [0.1, 0.15) is 12.8 Å². The summed E-state index contributed by atoms with van der Waals surface area (Å²) < 4.78 is 0. The zero-order valence-electron chi connectivity index (χ0n) is 15.8. The van der Waals surface area contributed by atoms with Crippen LogP contribution in [0, 0.1) is 0 Å². The molecule has 0 aromatic rings. The molecule has 0 radical (unpaired) electrons. The van der Waals surface area contributed by atoms with Gasteiger partial charge in [-0.3, -0.25) is 33.8 Å². The SMILES string of the molecule is NCCCC(N)C(=O)O.O=C(O)CN(CCN(CC(=O)O)CC(=O)O)CC(=O)O. The van der Waals surface area contributed by atoms with Gasteiger partial charge in [-0.2, -0.15) is 0 Å². The van der Waals surface area contributed by atoms with Crippen LogP contribution in [0.15, 0.2) is 0 Å². The summed E-state index contributed by atoms with van der Waals surface area (Å²) in [5.41, 5.74) is 10.3. The average Bonchev–Trinajstić information content (AvgIpc) is 2.55.